The van der Waals surface area contributed by atoms with Gasteiger partial charge in [-0.05, 0) is 50.6 Å². The lowest BCUT2D eigenvalue weighted by atomic mass is 9.91. The molecule has 3 atom stereocenters. The molecule has 0 fully saturated rings. The van der Waals surface area contributed by atoms with Crippen molar-refractivity contribution < 1.29 is 44.3 Å². The Labute approximate surface area is 286 Å². The molecule has 4 aromatic rings. The van der Waals surface area contributed by atoms with Crippen molar-refractivity contribution in [3.63, 3.8) is 0 Å². The first kappa shape index (κ1) is 37.1. The highest BCUT2D eigenvalue weighted by Crippen LogP contribution is 2.27. The van der Waals surface area contributed by atoms with Gasteiger partial charge in [0.15, 0.2) is 5.60 Å². The molecule has 2 amide bonds. The van der Waals surface area contributed by atoms with E-state index in [9.17, 15) is 34.8 Å². The van der Waals surface area contributed by atoms with Gasteiger partial charge in [-0.3, -0.25) is 14.4 Å². The van der Waals surface area contributed by atoms with Crippen molar-refractivity contribution in [3.05, 3.63) is 84.9 Å². The van der Waals surface area contributed by atoms with E-state index in [4.69, 9.17) is 9.47 Å². The predicted octanol–water partition coefficient (Wildman–Crippen LogP) is 4.24. The van der Waals surface area contributed by atoms with Crippen molar-refractivity contribution in [2.75, 3.05) is 26.3 Å². The summed E-state index contributed by atoms with van der Waals surface area (Å²) in [6.07, 6.45) is -4.21. The summed E-state index contributed by atoms with van der Waals surface area (Å²) in [6.45, 7) is 5.95. The van der Waals surface area contributed by atoms with Crippen molar-refractivity contribution in [1.29, 1.82) is 0 Å². The minimum atomic E-state index is -2.62. The van der Waals surface area contributed by atoms with Crippen LogP contribution in [0.2, 0.25) is 0 Å². The summed E-state index contributed by atoms with van der Waals surface area (Å²) >= 11 is 0. The van der Waals surface area contributed by atoms with Gasteiger partial charge >= 0.3 is 5.97 Å². The number of carboxylic acids is 1. The van der Waals surface area contributed by atoms with Gasteiger partial charge in [-0.15, -0.1) is 0 Å². The summed E-state index contributed by atoms with van der Waals surface area (Å²) in [5.41, 5.74) is -2.62. The Morgan fingerprint density at radius 1 is 0.653 bits per heavy atom. The number of aliphatic carboxylic acids is 1. The number of rotatable bonds is 17. The van der Waals surface area contributed by atoms with Crippen molar-refractivity contribution in [1.82, 2.24) is 9.80 Å². The van der Waals surface area contributed by atoms with Crippen LogP contribution in [0, 0.1) is 0 Å². The molecule has 0 saturated heterocycles. The van der Waals surface area contributed by atoms with Crippen LogP contribution in [0.4, 0.5) is 0 Å². The number of nitrogens with zero attached hydrogens (tertiary/aromatic N) is 2. The molecule has 4 N–H and O–H groups in total. The standard InChI is InChI=1S/C38H46N2O9/c1-25(2)39(21-29(41)23-48-33-17-9-13-27-11-5-7-15-31(27)33)35(43)19-38(47,20-36(44)45)37(46)40(26(3)4)22-30(42)24-49-34-18-10-14-28-12-6-8-16-32(28)34/h5-18,25-26,29-30,41-42,47H,19-24H2,1-4H3,(H,44,45). The fourth-order valence-corrected chi connectivity index (χ4v) is 5.79. The molecule has 0 aromatic heterocycles. The maximum Gasteiger partial charge on any atom is 0.306 e. The lowest BCUT2D eigenvalue weighted by Gasteiger charge is -2.37. The van der Waals surface area contributed by atoms with Crippen LogP contribution in [0.3, 0.4) is 0 Å². The summed E-state index contributed by atoms with van der Waals surface area (Å²) in [5.74, 6) is -2.09. The highest BCUT2D eigenvalue weighted by molar-refractivity contribution is 5.94. The predicted molar refractivity (Wildman–Crippen MR) is 186 cm³/mol. The van der Waals surface area contributed by atoms with E-state index in [-0.39, 0.29) is 26.3 Å². The molecule has 0 bridgehead atoms. The highest BCUT2D eigenvalue weighted by Gasteiger charge is 2.45. The Balaban J connectivity index is 1.43. The number of fused-ring (bicyclic) bond motifs is 2. The van der Waals surface area contributed by atoms with E-state index in [1.165, 1.54) is 4.90 Å². The average Bonchev–Trinajstić information content (AvgIpc) is 3.06. The van der Waals surface area contributed by atoms with Crippen LogP contribution >= 0.6 is 0 Å². The fourth-order valence-electron chi connectivity index (χ4n) is 5.79. The van der Waals surface area contributed by atoms with Gasteiger partial charge in [-0.1, -0.05) is 72.8 Å². The van der Waals surface area contributed by atoms with Crippen LogP contribution in [-0.4, -0.2) is 104 Å². The number of aliphatic hydroxyl groups excluding tert-OH is 2. The lowest BCUT2D eigenvalue weighted by Crippen LogP contribution is -2.57. The van der Waals surface area contributed by atoms with Gasteiger partial charge in [0.1, 0.15) is 36.9 Å². The zero-order chi connectivity index (χ0) is 35.7. The molecule has 3 unspecified atom stereocenters. The van der Waals surface area contributed by atoms with E-state index in [1.54, 1.807) is 39.8 Å². The number of carbonyl (C=O) groups is 3. The van der Waals surface area contributed by atoms with Gasteiger partial charge < -0.3 is 39.7 Å². The second-order valence-corrected chi connectivity index (χ2v) is 12.9. The molecule has 49 heavy (non-hydrogen) atoms. The Hall–Kier alpha value is -4.71. The number of hydrogen-bond acceptors (Lipinski definition) is 8. The maximum absolute atomic E-state index is 13.9. The summed E-state index contributed by atoms with van der Waals surface area (Å²) in [4.78, 5) is 41.8. The second-order valence-electron chi connectivity index (χ2n) is 12.9. The van der Waals surface area contributed by atoms with Crippen LogP contribution < -0.4 is 9.47 Å². The number of benzene rings is 4. The topological polar surface area (TPSA) is 157 Å². The molecule has 0 radical (unpaired) electrons. The Kier molecular flexibility index (Phi) is 12.6. The van der Waals surface area contributed by atoms with Gasteiger partial charge in [-0.2, -0.15) is 0 Å². The zero-order valence-corrected chi connectivity index (χ0v) is 28.4. The summed E-state index contributed by atoms with van der Waals surface area (Å²) in [6, 6.07) is 25.3. The molecular formula is C38H46N2O9. The van der Waals surface area contributed by atoms with E-state index >= 15 is 0 Å². The molecule has 0 aliphatic heterocycles. The van der Waals surface area contributed by atoms with E-state index in [0.29, 0.717) is 11.5 Å². The van der Waals surface area contributed by atoms with E-state index < -0.39 is 60.5 Å². The van der Waals surface area contributed by atoms with E-state index in [0.717, 1.165) is 26.4 Å². The van der Waals surface area contributed by atoms with E-state index in [2.05, 4.69) is 0 Å². The number of carboxylic acid groups (broad SMARTS) is 1. The van der Waals surface area contributed by atoms with Gasteiger partial charge in [0.05, 0.1) is 25.9 Å². The molecule has 11 nitrogen and oxygen atoms in total. The summed E-state index contributed by atoms with van der Waals surface area (Å²) < 4.78 is 11.8. The minimum absolute atomic E-state index is 0.136. The summed E-state index contributed by atoms with van der Waals surface area (Å²) in [7, 11) is 0. The first-order chi connectivity index (χ1) is 23.3. The molecule has 0 saturated carbocycles. The molecular weight excluding hydrogens is 628 g/mol. The average molecular weight is 675 g/mol. The lowest BCUT2D eigenvalue weighted by molar-refractivity contribution is -0.167. The van der Waals surface area contributed by atoms with Gasteiger partial charge in [-0.25, -0.2) is 0 Å². The second kappa shape index (κ2) is 16.6. The van der Waals surface area contributed by atoms with Crippen molar-refractivity contribution >= 4 is 39.3 Å². The largest absolute Gasteiger partial charge is 0.490 e. The Morgan fingerprint density at radius 3 is 1.53 bits per heavy atom. The number of hydrogen-bond donors (Lipinski definition) is 4. The number of amides is 2. The van der Waals surface area contributed by atoms with Gasteiger partial charge in [0, 0.05) is 22.9 Å². The number of carbonyl (C=O) groups excluding carboxylic acids is 2. The molecule has 0 aliphatic carbocycles. The molecule has 11 heteroatoms. The molecule has 0 aliphatic rings. The van der Waals surface area contributed by atoms with Crippen LogP contribution in [0.15, 0.2) is 84.9 Å². The van der Waals surface area contributed by atoms with Crippen LogP contribution in [-0.2, 0) is 14.4 Å². The van der Waals surface area contributed by atoms with Crippen LogP contribution in [0.1, 0.15) is 40.5 Å². The van der Waals surface area contributed by atoms with Crippen LogP contribution in [0.25, 0.3) is 21.5 Å². The molecule has 0 spiro atoms. The third-order valence-corrected chi connectivity index (χ3v) is 8.29. The van der Waals surface area contributed by atoms with Gasteiger partial charge in [0.25, 0.3) is 5.91 Å². The van der Waals surface area contributed by atoms with Crippen molar-refractivity contribution in [3.8, 4) is 11.5 Å². The Morgan fingerprint density at radius 2 is 1.08 bits per heavy atom. The third-order valence-electron chi connectivity index (χ3n) is 8.29. The first-order valence-corrected chi connectivity index (χ1v) is 16.4. The van der Waals surface area contributed by atoms with Crippen molar-refractivity contribution in [2.45, 2.75) is 70.4 Å². The Bertz CT molecular complexity index is 1730. The first-order valence-electron chi connectivity index (χ1n) is 16.4. The fraction of sp³-hybridized carbons (Fsp3) is 0.395. The smallest absolute Gasteiger partial charge is 0.306 e. The highest BCUT2D eigenvalue weighted by atomic mass is 16.5. The quantitative estimate of drug-likeness (QED) is 0.129. The minimum Gasteiger partial charge on any atom is -0.490 e. The van der Waals surface area contributed by atoms with Crippen LogP contribution in [0.5, 0.6) is 11.5 Å². The molecule has 4 aromatic carbocycles. The monoisotopic (exact) mass is 674 g/mol. The SMILES string of the molecule is CC(C)N(CC(O)COc1cccc2ccccc12)C(=O)CC(O)(CC(=O)O)C(=O)N(CC(O)COc1cccc2ccccc12)C(C)C. The van der Waals surface area contributed by atoms with Gasteiger partial charge in [0.2, 0.25) is 5.91 Å². The van der Waals surface area contributed by atoms with E-state index in [1.807, 2.05) is 72.8 Å². The zero-order valence-electron chi connectivity index (χ0n) is 28.4. The molecule has 262 valence electrons. The number of aliphatic hydroxyl groups is 3. The third kappa shape index (κ3) is 9.69. The summed E-state index contributed by atoms with van der Waals surface area (Å²) in [5, 5.41) is 46.7. The van der Waals surface area contributed by atoms with Crippen molar-refractivity contribution in [2.24, 2.45) is 0 Å². The molecule has 0 heterocycles. The maximum atomic E-state index is 13.9. The number of ether oxygens (including phenoxy) is 2. The molecule has 4 rings (SSSR count). The normalized spacial score (nSPS) is 14.0.